The third kappa shape index (κ3) is 4.96. The second-order valence-corrected chi connectivity index (χ2v) is 7.57. The van der Waals surface area contributed by atoms with Gasteiger partial charge in [-0.1, -0.05) is 60.7 Å². The molecule has 0 spiro atoms. The average Bonchev–Trinajstić information content (AvgIpc) is 3.11. The van der Waals surface area contributed by atoms with Gasteiger partial charge in [0.1, 0.15) is 5.75 Å². The zero-order valence-corrected chi connectivity index (χ0v) is 16.7. The van der Waals surface area contributed by atoms with Gasteiger partial charge < -0.3 is 15.0 Å². The SMILES string of the molecule is CC(Cc1ccccc1)NC(=O)Oc1ccc2c(c1)CCN2Cc1ccccc1. The van der Waals surface area contributed by atoms with Crippen LogP contribution < -0.4 is 15.0 Å². The van der Waals surface area contributed by atoms with Crippen LogP contribution in [0.4, 0.5) is 10.5 Å². The summed E-state index contributed by atoms with van der Waals surface area (Å²) in [5.74, 6) is 0.592. The Balaban J connectivity index is 1.34. The summed E-state index contributed by atoms with van der Waals surface area (Å²) in [6, 6.07) is 26.5. The van der Waals surface area contributed by atoms with Crippen LogP contribution in [0.15, 0.2) is 78.9 Å². The Morgan fingerprint density at radius 1 is 1.00 bits per heavy atom. The van der Waals surface area contributed by atoms with Gasteiger partial charge in [-0.15, -0.1) is 0 Å². The summed E-state index contributed by atoms with van der Waals surface area (Å²) in [6.07, 6.45) is 1.33. The molecule has 4 nitrogen and oxygen atoms in total. The lowest BCUT2D eigenvalue weighted by atomic mass is 10.1. The number of benzene rings is 3. The van der Waals surface area contributed by atoms with Crippen molar-refractivity contribution in [3.63, 3.8) is 0 Å². The Kier molecular flexibility index (Phi) is 5.80. The average molecular weight is 386 g/mol. The summed E-state index contributed by atoms with van der Waals surface area (Å²) < 4.78 is 5.53. The van der Waals surface area contributed by atoms with Crippen LogP contribution in [0.2, 0.25) is 0 Å². The Labute approximate surface area is 172 Å². The summed E-state index contributed by atoms with van der Waals surface area (Å²) in [6.45, 7) is 3.86. The predicted octanol–water partition coefficient (Wildman–Crippen LogP) is 4.97. The monoisotopic (exact) mass is 386 g/mol. The van der Waals surface area contributed by atoms with E-state index in [1.54, 1.807) is 0 Å². The number of anilines is 1. The molecule has 0 radical (unpaired) electrons. The van der Waals surface area contributed by atoms with Crippen molar-refractivity contribution in [1.29, 1.82) is 0 Å². The lowest BCUT2D eigenvalue weighted by Crippen LogP contribution is -2.36. The molecule has 1 heterocycles. The summed E-state index contributed by atoms with van der Waals surface area (Å²) in [5.41, 5.74) is 4.94. The summed E-state index contributed by atoms with van der Waals surface area (Å²) in [5, 5.41) is 2.91. The number of carbonyl (C=O) groups is 1. The number of nitrogens with one attached hydrogen (secondary N) is 1. The number of nitrogens with zero attached hydrogens (tertiary/aromatic N) is 1. The van der Waals surface area contributed by atoms with E-state index in [1.165, 1.54) is 22.4 Å². The molecule has 0 bridgehead atoms. The molecular weight excluding hydrogens is 360 g/mol. The molecule has 3 aromatic rings. The second-order valence-electron chi connectivity index (χ2n) is 7.57. The first kappa shape index (κ1) is 19.1. The normalized spacial score (nSPS) is 13.6. The Hall–Kier alpha value is -3.27. The molecule has 0 fully saturated rings. The number of rotatable bonds is 6. The molecule has 1 unspecified atom stereocenters. The molecule has 1 atom stereocenters. The quantitative estimate of drug-likeness (QED) is 0.650. The van der Waals surface area contributed by atoms with Gasteiger partial charge in [-0.25, -0.2) is 4.79 Å². The second kappa shape index (κ2) is 8.82. The minimum absolute atomic E-state index is 0.000640. The molecule has 4 rings (SSSR count). The van der Waals surface area contributed by atoms with Crippen molar-refractivity contribution in [1.82, 2.24) is 5.32 Å². The molecular formula is C25H26N2O2. The van der Waals surface area contributed by atoms with Crippen LogP contribution in [-0.4, -0.2) is 18.7 Å². The first-order valence-corrected chi connectivity index (χ1v) is 10.1. The fourth-order valence-electron chi connectivity index (χ4n) is 3.83. The van der Waals surface area contributed by atoms with Crippen LogP contribution in [0.5, 0.6) is 5.75 Å². The van der Waals surface area contributed by atoms with E-state index in [9.17, 15) is 4.79 Å². The molecule has 29 heavy (non-hydrogen) atoms. The van der Waals surface area contributed by atoms with E-state index in [2.05, 4.69) is 52.7 Å². The molecule has 1 N–H and O–H groups in total. The van der Waals surface area contributed by atoms with Crippen molar-refractivity contribution in [2.75, 3.05) is 11.4 Å². The first-order valence-electron chi connectivity index (χ1n) is 10.1. The number of hydrogen-bond donors (Lipinski definition) is 1. The predicted molar refractivity (Wildman–Crippen MR) is 116 cm³/mol. The zero-order chi connectivity index (χ0) is 20.1. The first-order chi connectivity index (χ1) is 14.2. The van der Waals surface area contributed by atoms with E-state index >= 15 is 0 Å². The van der Waals surface area contributed by atoms with Crippen molar-refractivity contribution in [2.24, 2.45) is 0 Å². The minimum atomic E-state index is -0.410. The third-order valence-electron chi connectivity index (χ3n) is 5.22. The summed E-state index contributed by atoms with van der Waals surface area (Å²) >= 11 is 0. The van der Waals surface area contributed by atoms with Crippen LogP contribution in [0, 0.1) is 0 Å². The molecule has 1 amide bonds. The Morgan fingerprint density at radius 2 is 1.69 bits per heavy atom. The maximum absolute atomic E-state index is 12.3. The highest BCUT2D eigenvalue weighted by atomic mass is 16.6. The number of fused-ring (bicyclic) bond motifs is 1. The van der Waals surface area contributed by atoms with Gasteiger partial charge >= 0.3 is 6.09 Å². The Bertz CT molecular complexity index is 957. The van der Waals surface area contributed by atoms with Gasteiger partial charge in [0.15, 0.2) is 0 Å². The molecule has 0 aromatic heterocycles. The summed E-state index contributed by atoms with van der Waals surface area (Å²) in [4.78, 5) is 14.6. The highest BCUT2D eigenvalue weighted by Crippen LogP contribution is 2.32. The van der Waals surface area contributed by atoms with Gasteiger partial charge in [0, 0.05) is 24.8 Å². The molecule has 0 saturated carbocycles. The van der Waals surface area contributed by atoms with Gasteiger partial charge in [0.25, 0.3) is 0 Å². The van der Waals surface area contributed by atoms with Crippen LogP contribution in [0.1, 0.15) is 23.6 Å². The number of ether oxygens (including phenoxy) is 1. The Morgan fingerprint density at radius 3 is 2.41 bits per heavy atom. The molecule has 3 aromatic carbocycles. The van der Waals surface area contributed by atoms with Gasteiger partial charge in [-0.05, 0) is 54.7 Å². The van der Waals surface area contributed by atoms with Crippen molar-refractivity contribution in [2.45, 2.75) is 32.4 Å². The molecule has 148 valence electrons. The molecule has 1 aliphatic rings. The van der Waals surface area contributed by atoms with Crippen molar-refractivity contribution < 1.29 is 9.53 Å². The highest BCUT2D eigenvalue weighted by molar-refractivity contribution is 5.71. The van der Waals surface area contributed by atoms with Crippen molar-refractivity contribution >= 4 is 11.8 Å². The number of hydrogen-bond acceptors (Lipinski definition) is 3. The van der Waals surface area contributed by atoms with Gasteiger partial charge in [0.05, 0.1) is 0 Å². The molecule has 1 aliphatic heterocycles. The van der Waals surface area contributed by atoms with Gasteiger partial charge in [-0.2, -0.15) is 0 Å². The standard InChI is InChI=1S/C25H26N2O2/c1-19(16-20-8-4-2-5-9-20)26-25(28)29-23-12-13-24-22(17-23)14-15-27(24)18-21-10-6-3-7-11-21/h2-13,17,19H,14-16,18H2,1H3,(H,26,28). The van der Waals surface area contributed by atoms with E-state index in [4.69, 9.17) is 4.74 Å². The highest BCUT2D eigenvalue weighted by Gasteiger charge is 2.20. The van der Waals surface area contributed by atoms with Gasteiger partial charge in [-0.3, -0.25) is 0 Å². The van der Waals surface area contributed by atoms with Crippen LogP contribution in [0.25, 0.3) is 0 Å². The minimum Gasteiger partial charge on any atom is -0.410 e. The zero-order valence-electron chi connectivity index (χ0n) is 16.7. The van der Waals surface area contributed by atoms with Crippen molar-refractivity contribution in [3.8, 4) is 5.75 Å². The summed E-state index contributed by atoms with van der Waals surface area (Å²) in [7, 11) is 0. The van der Waals surface area contributed by atoms with Crippen LogP contribution in [0.3, 0.4) is 0 Å². The van der Waals surface area contributed by atoms with Crippen molar-refractivity contribution in [3.05, 3.63) is 95.6 Å². The van der Waals surface area contributed by atoms with E-state index in [0.29, 0.717) is 5.75 Å². The fraction of sp³-hybridized carbons (Fsp3) is 0.240. The lowest BCUT2D eigenvalue weighted by Gasteiger charge is -2.19. The number of carbonyl (C=O) groups excluding carboxylic acids is 1. The molecule has 0 aliphatic carbocycles. The smallest absolute Gasteiger partial charge is 0.410 e. The maximum atomic E-state index is 12.3. The lowest BCUT2D eigenvalue weighted by molar-refractivity contribution is 0.197. The van der Waals surface area contributed by atoms with E-state index in [0.717, 1.165) is 25.9 Å². The van der Waals surface area contributed by atoms with Crippen LogP contribution in [-0.2, 0) is 19.4 Å². The van der Waals surface area contributed by atoms with Crippen LogP contribution >= 0.6 is 0 Å². The molecule has 4 heteroatoms. The third-order valence-corrected chi connectivity index (χ3v) is 5.22. The number of amides is 1. The molecule has 0 saturated heterocycles. The fourth-order valence-corrected chi connectivity index (χ4v) is 3.83. The van der Waals surface area contributed by atoms with E-state index in [1.807, 2.05) is 43.3 Å². The maximum Gasteiger partial charge on any atom is 0.412 e. The van der Waals surface area contributed by atoms with E-state index < -0.39 is 6.09 Å². The van der Waals surface area contributed by atoms with Gasteiger partial charge in [0.2, 0.25) is 0 Å². The van der Waals surface area contributed by atoms with E-state index in [-0.39, 0.29) is 6.04 Å². The topological polar surface area (TPSA) is 41.6 Å². The largest absolute Gasteiger partial charge is 0.412 e.